The smallest absolute Gasteiger partial charge is 0.138 e. The van der Waals surface area contributed by atoms with Gasteiger partial charge in [0.25, 0.3) is 0 Å². The highest BCUT2D eigenvalue weighted by molar-refractivity contribution is 8.23. The fourth-order valence-electron chi connectivity index (χ4n) is 1.63. The number of hydrogen-bond acceptors (Lipinski definition) is 3. The molecule has 1 unspecified atom stereocenters. The van der Waals surface area contributed by atoms with Crippen LogP contribution in [-0.2, 0) is 16.2 Å². The van der Waals surface area contributed by atoms with Gasteiger partial charge in [0.2, 0.25) is 0 Å². The maximum atomic E-state index is 10.9. The molecule has 116 valence electrons. The molecule has 21 heavy (non-hydrogen) atoms. The molecule has 1 N–H and O–H groups in total. The van der Waals surface area contributed by atoms with Crippen LogP contribution in [-0.4, -0.2) is 21.3 Å². The maximum absolute atomic E-state index is 10.9. The molecule has 5 heteroatoms. The van der Waals surface area contributed by atoms with Crippen LogP contribution in [0.25, 0.3) is 0 Å². The molecule has 0 heterocycles. The fourth-order valence-corrected chi connectivity index (χ4v) is 3.09. The zero-order valence-corrected chi connectivity index (χ0v) is 15.5. The molecule has 0 aromatic heterocycles. The highest BCUT2D eigenvalue weighted by Crippen LogP contribution is 2.25. The Morgan fingerprint density at radius 1 is 1.33 bits per heavy atom. The van der Waals surface area contributed by atoms with Crippen molar-refractivity contribution in [3.05, 3.63) is 41.3 Å². The molecule has 2 nitrogen and oxygen atoms in total. The van der Waals surface area contributed by atoms with Crippen molar-refractivity contribution in [3.63, 3.8) is 0 Å². The Kier molecular flexibility index (Phi) is 7.63. The lowest BCUT2D eigenvalue weighted by Crippen LogP contribution is -2.19. The van der Waals surface area contributed by atoms with E-state index in [2.05, 4.69) is 50.4 Å². The number of hydrogen-bond donors (Lipinski definition) is 1. The average Bonchev–Trinajstić information content (AvgIpc) is 2.37. The third kappa shape index (κ3) is 7.79. The molecule has 1 aromatic carbocycles. The molecule has 1 atom stereocenters. The second kappa shape index (κ2) is 8.71. The van der Waals surface area contributed by atoms with Crippen LogP contribution in [0.4, 0.5) is 0 Å². The molecule has 1 aromatic rings. The molecule has 0 saturated carbocycles. The van der Waals surface area contributed by atoms with Gasteiger partial charge in [0.05, 0.1) is 0 Å². The third-order valence-electron chi connectivity index (χ3n) is 2.80. The van der Waals surface area contributed by atoms with Crippen LogP contribution in [0.2, 0.25) is 0 Å². The Balaban J connectivity index is 2.40. The average molecular weight is 342 g/mol. The van der Waals surface area contributed by atoms with E-state index in [1.807, 2.05) is 6.08 Å². The van der Waals surface area contributed by atoms with E-state index in [0.717, 1.165) is 22.2 Å². The molecule has 0 spiro atoms. The van der Waals surface area contributed by atoms with Gasteiger partial charge in [-0.2, -0.15) is 0 Å². The molecular formula is C16H23NOS3. The van der Waals surface area contributed by atoms with Gasteiger partial charge in [0, 0.05) is 28.5 Å². The van der Waals surface area contributed by atoms with Crippen molar-refractivity contribution in [3.8, 4) is 0 Å². The number of rotatable bonds is 5. The minimum Gasteiger partial charge on any atom is -0.370 e. The maximum Gasteiger partial charge on any atom is 0.138 e. The third-order valence-corrected chi connectivity index (χ3v) is 4.61. The van der Waals surface area contributed by atoms with E-state index in [9.17, 15) is 4.21 Å². The minimum atomic E-state index is -0.867. The summed E-state index contributed by atoms with van der Waals surface area (Å²) in [5, 5.41) is 4.89. The zero-order chi connectivity index (χ0) is 15.9. The Hall–Kier alpha value is -0.650. The topological polar surface area (TPSA) is 29.1 Å². The van der Waals surface area contributed by atoms with Crippen LogP contribution in [0.3, 0.4) is 0 Å². The standard InChI is InChI=1S/C16H23NOS3/c1-16(2,3)13-7-9-14(10-8-13)20-15(19)17-11-5-6-12-21(4)18/h6-10,12H,5,11H2,1-4H3,(H,17,19)/b12-6+. The van der Waals surface area contributed by atoms with Gasteiger partial charge in [-0.25, -0.2) is 0 Å². The first kappa shape index (κ1) is 18.4. The van der Waals surface area contributed by atoms with Gasteiger partial charge in [-0.1, -0.05) is 63.0 Å². The van der Waals surface area contributed by atoms with E-state index in [1.165, 1.54) is 5.56 Å². The molecule has 0 aliphatic carbocycles. The van der Waals surface area contributed by atoms with Crippen LogP contribution in [0.1, 0.15) is 32.8 Å². The molecule has 0 fully saturated rings. The Labute approximate surface area is 140 Å². The summed E-state index contributed by atoms with van der Waals surface area (Å²) in [5.74, 6) is 0. The van der Waals surface area contributed by atoms with Crippen molar-refractivity contribution >= 4 is 39.1 Å². The lowest BCUT2D eigenvalue weighted by molar-refractivity contribution is 0.590. The molecule has 0 bridgehead atoms. The molecule has 0 aliphatic heterocycles. The van der Waals surface area contributed by atoms with E-state index >= 15 is 0 Å². The Morgan fingerprint density at radius 2 is 1.95 bits per heavy atom. The zero-order valence-electron chi connectivity index (χ0n) is 13.0. The van der Waals surface area contributed by atoms with Gasteiger partial charge in [-0.15, -0.1) is 0 Å². The highest BCUT2D eigenvalue weighted by Gasteiger charge is 2.13. The van der Waals surface area contributed by atoms with Gasteiger partial charge in [0.15, 0.2) is 0 Å². The van der Waals surface area contributed by atoms with Crippen molar-refractivity contribution in [1.82, 2.24) is 5.32 Å². The van der Waals surface area contributed by atoms with Crippen molar-refractivity contribution in [2.75, 3.05) is 12.8 Å². The lowest BCUT2D eigenvalue weighted by atomic mass is 9.87. The number of benzene rings is 1. The largest absolute Gasteiger partial charge is 0.370 e. The van der Waals surface area contributed by atoms with E-state index in [-0.39, 0.29) is 5.41 Å². The monoisotopic (exact) mass is 341 g/mol. The summed E-state index contributed by atoms with van der Waals surface area (Å²) >= 11 is 6.87. The van der Waals surface area contributed by atoms with Crippen molar-refractivity contribution in [2.24, 2.45) is 0 Å². The number of thioether (sulfide) groups is 1. The van der Waals surface area contributed by atoms with Crippen molar-refractivity contribution < 1.29 is 4.21 Å². The van der Waals surface area contributed by atoms with E-state index in [0.29, 0.717) is 0 Å². The molecule has 0 amide bonds. The van der Waals surface area contributed by atoms with Crippen LogP contribution < -0.4 is 5.32 Å². The van der Waals surface area contributed by atoms with Crippen molar-refractivity contribution in [1.29, 1.82) is 0 Å². The van der Waals surface area contributed by atoms with Crippen LogP contribution in [0.15, 0.2) is 40.6 Å². The Bertz CT molecular complexity index is 515. The summed E-state index contributed by atoms with van der Waals surface area (Å²) in [7, 11) is -0.867. The second-order valence-electron chi connectivity index (χ2n) is 5.75. The summed E-state index contributed by atoms with van der Waals surface area (Å²) in [6, 6.07) is 8.53. The summed E-state index contributed by atoms with van der Waals surface area (Å²) < 4.78 is 11.6. The first-order valence-corrected chi connectivity index (χ1v) is 9.69. The van der Waals surface area contributed by atoms with Gasteiger partial charge in [0.1, 0.15) is 4.32 Å². The first-order valence-electron chi connectivity index (χ1n) is 6.84. The molecule has 1 rings (SSSR count). The van der Waals surface area contributed by atoms with Gasteiger partial charge in [-0.05, 0) is 34.9 Å². The van der Waals surface area contributed by atoms with Gasteiger partial charge in [-0.3, -0.25) is 4.21 Å². The quantitative estimate of drug-likeness (QED) is 0.493. The van der Waals surface area contributed by atoms with Gasteiger partial charge < -0.3 is 5.32 Å². The number of nitrogens with one attached hydrogen (secondary N) is 1. The van der Waals surface area contributed by atoms with Crippen LogP contribution in [0, 0.1) is 0 Å². The summed E-state index contributed by atoms with van der Waals surface area (Å²) in [6.07, 6.45) is 4.39. The minimum absolute atomic E-state index is 0.174. The SMILES string of the molecule is CS(=O)/C=C/CCNC(=S)Sc1ccc(C(C)(C)C)cc1. The molecule has 0 aliphatic rings. The lowest BCUT2D eigenvalue weighted by Gasteiger charge is -2.19. The van der Waals surface area contributed by atoms with Crippen LogP contribution in [0.5, 0.6) is 0 Å². The summed E-state index contributed by atoms with van der Waals surface area (Å²) in [4.78, 5) is 1.14. The predicted octanol–water partition coefficient (Wildman–Crippen LogP) is 4.23. The van der Waals surface area contributed by atoms with Crippen molar-refractivity contribution in [2.45, 2.75) is 37.5 Å². The summed E-state index contributed by atoms with van der Waals surface area (Å²) in [6.45, 7) is 7.38. The van der Waals surface area contributed by atoms with Gasteiger partial charge >= 0.3 is 0 Å². The predicted molar refractivity (Wildman–Crippen MR) is 99.4 cm³/mol. The Morgan fingerprint density at radius 3 is 2.48 bits per heavy atom. The highest BCUT2D eigenvalue weighted by atomic mass is 32.2. The molecule has 0 saturated heterocycles. The van der Waals surface area contributed by atoms with E-state index < -0.39 is 10.8 Å². The van der Waals surface area contributed by atoms with Crippen LogP contribution >= 0.6 is 24.0 Å². The van der Waals surface area contributed by atoms with E-state index in [4.69, 9.17) is 12.2 Å². The normalized spacial score (nSPS) is 13.3. The second-order valence-corrected chi connectivity index (χ2v) is 8.77. The fraction of sp³-hybridized carbons (Fsp3) is 0.438. The summed E-state index contributed by atoms with van der Waals surface area (Å²) in [5.41, 5.74) is 1.50. The number of thiocarbonyl (C=S) groups is 1. The molecular weight excluding hydrogens is 318 g/mol. The first-order chi connectivity index (χ1) is 9.79. The molecule has 0 radical (unpaired) electrons. The van der Waals surface area contributed by atoms with E-state index in [1.54, 1.807) is 23.4 Å².